The molecule has 34 heavy (non-hydrogen) atoms. The van der Waals surface area contributed by atoms with E-state index in [9.17, 15) is 0 Å². The van der Waals surface area contributed by atoms with Crippen molar-refractivity contribution >= 4 is 34.3 Å². The summed E-state index contributed by atoms with van der Waals surface area (Å²) < 4.78 is 0. The predicted octanol–water partition coefficient (Wildman–Crippen LogP) is 6.20. The number of amidine groups is 1. The molecule has 1 N–H and O–H groups in total. The maximum atomic E-state index is 4.80. The Balaban J connectivity index is 1.45. The first-order valence-electron chi connectivity index (χ1n) is 11.4. The normalized spacial score (nSPS) is 16.4. The van der Waals surface area contributed by atoms with Crippen LogP contribution in [0.5, 0.6) is 0 Å². The molecule has 5 rings (SSSR count). The molecule has 0 fully saturated rings. The number of fused-ring (bicyclic) bond motifs is 2. The molecule has 0 radical (unpaired) electrons. The van der Waals surface area contributed by atoms with E-state index in [0.717, 1.165) is 22.3 Å². The van der Waals surface area contributed by atoms with Crippen LogP contribution in [0.25, 0.3) is 10.9 Å². The summed E-state index contributed by atoms with van der Waals surface area (Å²) in [4.78, 5) is 11.8. The molecule has 0 aliphatic carbocycles. The van der Waals surface area contributed by atoms with E-state index in [1.54, 1.807) is 6.21 Å². The summed E-state index contributed by atoms with van der Waals surface area (Å²) in [5, 5.41) is 5.59. The van der Waals surface area contributed by atoms with Gasteiger partial charge in [-0.25, -0.2) is 9.98 Å². The van der Waals surface area contributed by atoms with Crippen molar-refractivity contribution in [3.63, 3.8) is 0 Å². The molecule has 2 heterocycles. The number of pyridine rings is 1. The number of hydrogen-bond donors (Lipinski definition) is 1. The molecule has 0 atom stereocenters. The second-order valence-electron chi connectivity index (χ2n) is 8.83. The molecule has 5 heteroatoms. The highest BCUT2D eigenvalue weighted by Crippen LogP contribution is 2.46. The van der Waals surface area contributed by atoms with E-state index in [1.807, 2.05) is 54.6 Å². The Labute approximate surface area is 200 Å². The molecule has 0 amide bonds. The summed E-state index contributed by atoms with van der Waals surface area (Å²) in [5.41, 5.74) is 9.25. The van der Waals surface area contributed by atoms with E-state index in [4.69, 9.17) is 9.98 Å². The van der Waals surface area contributed by atoms with E-state index in [-0.39, 0.29) is 5.41 Å². The van der Waals surface area contributed by atoms with Gasteiger partial charge in [0.05, 0.1) is 11.2 Å². The second kappa shape index (κ2) is 8.94. The largest absolute Gasteiger partial charge is 0.347 e. The van der Waals surface area contributed by atoms with Crippen molar-refractivity contribution in [1.82, 2.24) is 10.4 Å². The van der Waals surface area contributed by atoms with Crippen LogP contribution in [0.15, 0.2) is 113 Å². The lowest BCUT2D eigenvalue weighted by Crippen LogP contribution is -2.23. The number of likely N-dealkylation sites (N-methyl/N-ethyl adjacent to an activating group) is 1. The highest BCUT2D eigenvalue weighted by atomic mass is 15.3. The van der Waals surface area contributed by atoms with Crippen molar-refractivity contribution in [2.75, 3.05) is 11.9 Å². The molecule has 0 spiro atoms. The number of nitrogens with zero attached hydrogens (tertiary/aromatic N) is 4. The third kappa shape index (κ3) is 4.08. The zero-order valence-corrected chi connectivity index (χ0v) is 19.6. The van der Waals surface area contributed by atoms with Gasteiger partial charge in [0.15, 0.2) is 5.84 Å². The molecule has 0 bridgehead atoms. The van der Waals surface area contributed by atoms with E-state index < -0.39 is 0 Å². The van der Waals surface area contributed by atoms with Crippen LogP contribution in [0.4, 0.5) is 11.4 Å². The molecule has 168 valence electrons. The molecule has 0 saturated carbocycles. The van der Waals surface area contributed by atoms with Gasteiger partial charge in [0.25, 0.3) is 0 Å². The molecule has 1 aliphatic heterocycles. The summed E-state index contributed by atoms with van der Waals surface area (Å²) >= 11 is 0. The minimum Gasteiger partial charge on any atom is -0.347 e. The van der Waals surface area contributed by atoms with Crippen LogP contribution in [-0.4, -0.2) is 24.1 Å². The van der Waals surface area contributed by atoms with Gasteiger partial charge in [-0.15, -0.1) is 0 Å². The van der Waals surface area contributed by atoms with Gasteiger partial charge in [-0.1, -0.05) is 74.5 Å². The van der Waals surface area contributed by atoms with Crippen LogP contribution in [0.2, 0.25) is 0 Å². The maximum Gasteiger partial charge on any atom is 0.173 e. The van der Waals surface area contributed by atoms with Gasteiger partial charge >= 0.3 is 0 Å². The molecular formula is C29H27N5. The Morgan fingerprint density at radius 1 is 0.882 bits per heavy atom. The first-order chi connectivity index (χ1) is 16.5. The second-order valence-corrected chi connectivity index (χ2v) is 8.83. The third-order valence-electron chi connectivity index (χ3n) is 6.26. The van der Waals surface area contributed by atoms with Gasteiger partial charge in [-0.05, 0) is 42.0 Å². The van der Waals surface area contributed by atoms with E-state index >= 15 is 0 Å². The van der Waals surface area contributed by atoms with Crippen molar-refractivity contribution in [2.24, 2.45) is 10.1 Å². The number of para-hydroxylation sites is 3. The van der Waals surface area contributed by atoms with Gasteiger partial charge in [-0.3, -0.25) is 5.43 Å². The van der Waals surface area contributed by atoms with Crippen molar-refractivity contribution < 1.29 is 0 Å². The molecule has 1 aromatic heterocycles. The average molecular weight is 446 g/mol. The number of aromatic nitrogens is 1. The van der Waals surface area contributed by atoms with Crippen molar-refractivity contribution in [3.8, 4) is 0 Å². The lowest BCUT2D eigenvalue weighted by molar-refractivity contribution is 0.641. The van der Waals surface area contributed by atoms with Crippen molar-refractivity contribution in [1.29, 1.82) is 0 Å². The first kappa shape index (κ1) is 21.6. The number of anilines is 1. The third-order valence-corrected chi connectivity index (χ3v) is 6.26. The molecule has 0 saturated heterocycles. The van der Waals surface area contributed by atoms with Crippen LogP contribution >= 0.6 is 0 Å². The minimum atomic E-state index is -0.0990. The summed E-state index contributed by atoms with van der Waals surface area (Å²) in [6.07, 6.45) is 3.85. The molecule has 5 nitrogen and oxygen atoms in total. The Morgan fingerprint density at radius 3 is 2.44 bits per heavy atom. The molecular weight excluding hydrogens is 418 g/mol. The zero-order valence-electron chi connectivity index (χ0n) is 19.6. The first-order valence-corrected chi connectivity index (χ1v) is 11.4. The van der Waals surface area contributed by atoms with E-state index in [2.05, 4.69) is 78.8 Å². The predicted molar refractivity (Wildman–Crippen MR) is 142 cm³/mol. The van der Waals surface area contributed by atoms with Gasteiger partial charge in [0.1, 0.15) is 5.69 Å². The van der Waals surface area contributed by atoms with Gasteiger partial charge < -0.3 is 4.90 Å². The van der Waals surface area contributed by atoms with Crippen molar-refractivity contribution in [3.05, 3.63) is 114 Å². The Morgan fingerprint density at radius 2 is 1.62 bits per heavy atom. The van der Waals surface area contributed by atoms with E-state index in [1.165, 1.54) is 16.9 Å². The van der Waals surface area contributed by atoms with Gasteiger partial charge in [-0.2, -0.15) is 5.10 Å². The number of hydrogen-bond acceptors (Lipinski definition) is 4. The molecule has 1 aliphatic rings. The highest BCUT2D eigenvalue weighted by Gasteiger charge is 2.37. The smallest absolute Gasteiger partial charge is 0.173 e. The fourth-order valence-electron chi connectivity index (χ4n) is 4.48. The van der Waals surface area contributed by atoms with Crippen LogP contribution in [0.1, 0.15) is 25.1 Å². The minimum absolute atomic E-state index is 0.0990. The summed E-state index contributed by atoms with van der Waals surface area (Å²) in [5.74, 6) is 0.592. The van der Waals surface area contributed by atoms with Crippen LogP contribution < -0.4 is 10.3 Å². The van der Waals surface area contributed by atoms with Crippen LogP contribution in [0, 0.1) is 0 Å². The monoisotopic (exact) mass is 445 g/mol. The van der Waals surface area contributed by atoms with Crippen LogP contribution in [-0.2, 0) is 5.41 Å². The number of hydrazone groups is 1. The standard InChI is InChI=1S/C29H27N5/c1-29(2)23-14-8-10-16-26(23)34(3)27(29)19-20-30-33-28(31-22-12-5-4-6-13-22)25-18-17-21-11-7-9-15-24(21)32-25/h4-20H,1-3H3,(H,31,33)/b27-19?,30-20+. The van der Waals surface area contributed by atoms with Gasteiger partial charge in [0, 0.05) is 35.4 Å². The average Bonchev–Trinajstić information content (AvgIpc) is 3.06. The molecule has 3 aromatic carbocycles. The maximum absolute atomic E-state index is 4.80. The Bertz CT molecular complexity index is 1420. The molecule has 4 aromatic rings. The van der Waals surface area contributed by atoms with Crippen LogP contribution in [0.3, 0.4) is 0 Å². The summed E-state index contributed by atoms with van der Waals surface area (Å²) in [6, 6.07) is 30.4. The zero-order chi connectivity index (χ0) is 23.5. The summed E-state index contributed by atoms with van der Waals surface area (Å²) in [7, 11) is 2.10. The quantitative estimate of drug-likeness (QED) is 0.231. The van der Waals surface area contributed by atoms with Gasteiger partial charge in [0.2, 0.25) is 0 Å². The number of aliphatic imine (C=N–C) groups is 1. The topological polar surface area (TPSA) is 52.9 Å². The fourth-order valence-corrected chi connectivity index (χ4v) is 4.48. The highest BCUT2D eigenvalue weighted by molar-refractivity contribution is 6.00. The SMILES string of the molecule is CN1C(=C/C=N/NC(=Nc2ccccc2)c2ccc3ccccc3n2)C(C)(C)c2ccccc21. The summed E-state index contributed by atoms with van der Waals surface area (Å²) in [6.45, 7) is 4.48. The Hall–Kier alpha value is -4.25. The lowest BCUT2D eigenvalue weighted by Gasteiger charge is -2.23. The van der Waals surface area contributed by atoms with Crippen molar-refractivity contribution in [2.45, 2.75) is 19.3 Å². The Kier molecular flexibility index (Phi) is 5.68. The fraction of sp³-hybridized carbons (Fsp3) is 0.138. The number of rotatable bonds is 4. The molecule has 0 unspecified atom stereocenters. The van der Waals surface area contributed by atoms with E-state index in [0.29, 0.717) is 5.84 Å². The number of allylic oxidation sites excluding steroid dienone is 2. The number of nitrogens with one attached hydrogen (secondary N) is 1. The number of benzene rings is 3. The lowest BCUT2D eigenvalue weighted by atomic mass is 9.84.